The molecule has 0 radical (unpaired) electrons. The average Bonchev–Trinajstić information content (AvgIpc) is 2.99. The van der Waals surface area contributed by atoms with E-state index in [1.165, 1.54) is 6.07 Å². The van der Waals surface area contributed by atoms with Crippen molar-refractivity contribution in [3.05, 3.63) is 76.1 Å². The average molecular weight is 643 g/mol. The summed E-state index contributed by atoms with van der Waals surface area (Å²) in [6, 6.07) is 11.6. The topological polar surface area (TPSA) is 226 Å². The number of nitrogens with two attached hydrogens (primary N) is 1. The highest BCUT2D eigenvalue weighted by Gasteiger charge is 2.65. The second kappa shape index (κ2) is 11.7. The highest BCUT2D eigenvalue weighted by atomic mass is 31.2. The Morgan fingerprint density at radius 1 is 1.09 bits per heavy atom. The zero-order valence-corrected chi connectivity index (χ0v) is 25.7. The summed E-state index contributed by atoms with van der Waals surface area (Å²) in [5.41, 5.74) is 1.44. The van der Waals surface area contributed by atoms with Crippen LogP contribution in [0.1, 0.15) is 55.6 Å². The minimum Gasteiger partial charge on any atom is -0.508 e. The molecule has 1 unspecified atom stereocenters. The number of phenolic OH excluding ortho intramolecular Hbond substituents is 1. The zero-order valence-electron chi connectivity index (χ0n) is 24.8. The Morgan fingerprint density at radius 2 is 1.71 bits per heavy atom. The van der Waals surface area contributed by atoms with Crippen molar-refractivity contribution in [2.75, 3.05) is 18.5 Å². The Balaban J connectivity index is 1.66. The Kier molecular flexibility index (Phi) is 8.45. The third-order valence-corrected chi connectivity index (χ3v) is 11.1. The third kappa shape index (κ3) is 4.86. The molecular weight excluding hydrogens is 607 g/mol. The summed E-state index contributed by atoms with van der Waals surface area (Å²) < 4.78 is 25.2. The van der Waals surface area contributed by atoms with Crippen LogP contribution in [-0.4, -0.2) is 67.9 Å². The number of aromatic hydroxyl groups is 1. The van der Waals surface area contributed by atoms with Crippen LogP contribution in [0.3, 0.4) is 0 Å². The van der Waals surface area contributed by atoms with Gasteiger partial charge in [-0.05, 0) is 37.0 Å². The fraction of sp³-hybridized carbons (Fsp3) is 0.387. The van der Waals surface area contributed by atoms with Crippen LogP contribution in [-0.2, 0) is 28.0 Å². The Morgan fingerprint density at radius 3 is 2.29 bits per heavy atom. The molecule has 13 nitrogen and oxygen atoms in total. The lowest BCUT2D eigenvalue weighted by atomic mass is 9.55. The van der Waals surface area contributed by atoms with E-state index in [4.69, 9.17) is 14.8 Å². The number of primary amides is 1. The number of hydrogen-bond acceptors (Lipinski definition) is 12. The van der Waals surface area contributed by atoms with E-state index in [1.54, 1.807) is 57.2 Å². The van der Waals surface area contributed by atoms with Gasteiger partial charge in [0.25, 0.3) is 5.91 Å². The summed E-state index contributed by atoms with van der Waals surface area (Å²) in [5, 5.41) is 59.9. The van der Waals surface area contributed by atoms with Crippen molar-refractivity contribution in [3.63, 3.8) is 0 Å². The van der Waals surface area contributed by atoms with Crippen molar-refractivity contribution in [3.8, 4) is 5.75 Å². The molecule has 0 bridgehead atoms. The lowest BCUT2D eigenvalue weighted by molar-refractivity contribution is -0.160. The predicted octanol–water partition coefficient (Wildman–Crippen LogP) is 3.33. The predicted molar refractivity (Wildman–Crippen MR) is 161 cm³/mol. The second-order valence-corrected chi connectivity index (χ2v) is 13.4. The fourth-order valence-corrected chi connectivity index (χ4v) is 8.71. The third-order valence-electron chi connectivity index (χ3n) is 8.84. The standard InChI is InChI=1S/C31H35N2O11P/c1-4-43-45(42,44-5-2)30(15-9-7-6-8-10-15)33-18-12-11-16-14(3)20-23(26(37)21(16)25(18)36)28(39)31(41)17(24(20)35)13-19(34)22(27(31)38)29(32)40/h6-12,14,17,20,24,30,33,35-38,41H,4-5,13H2,1-3H3,(H2,32,40)/t14-,17+,20+,24+,30?,31+/m0/s1. The van der Waals surface area contributed by atoms with E-state index < -0.39 is 95.1 Å². The number of anilines is 1. The maximum absolute atomic E-state index is 14.0. The first-order valence-corrected chi connectivity index (χ1v) is 16.1. The fourth-order valence-electron chi connectivity index (χ4n) is 6.79. The molecule has 5 rings (SSSR count). The molecule has 0 aliphatic heterocycles. The Labute approximate surface area is 258 Å². The molecule has 2 aromatic carbocycles. The molecule has 0 saturated heterocycles. The van der Waals surface area contributed by atoms with E-state index in [1.807, 2.05) is 0 Å². The number of fused-ring (bicyclic) bond motifs is 3. The number of rotatable bonds is 9. The Bertz CT molecular complexity index is 1680. The number of ketones is 2. The number of carbonyl (C=O) groups excluding carboxylic acids is 3. The van der Waals surface area contributed by atoms with Gasteiger partial charge in [0.15, 0.2) is 17.2 Å². The van der Waals surface area contributed by atoms with Crippen molar-refractivity contribution in [1.29, 1.82) is 0 Å². The lowest BCUT2D eigenvalue weighted by Gasteiger charge is -2.50. The first-order valence-electron chi connectivity index (χ1n) is 14.5. The number of aliphatic hydroxyl groups excluding tert-OH is 3. The number of hydrogen-bond donors (Lipinski definition) is 7. The van der Waals surface area contributed by atoms with Gasteiger partial charge >= 0.3 is 7.60 Å². The van der Waals surface area contributed by atoms with Crippen LogP contribution in [0, 0.1) is 11.8 Å². The van der Waals surface area contributed by atoms with Gasteiger partial charge in [-0.15, -0.1) is 0 Å². The molecule has 1 amide bonds. The lowest BCUT2D eigenvalue weighted by Crippen LogP contribution is -2.63. The first kappa shape index (κ1) is 32.4. The summed E-state index contributed by atoms with van der Waals surface area (Å²) in [7, 11) is -3.90. The summed E-state index contributed by atoms with van der Waals surface area (Å²) in [6.45, 7) is 5.05. The maximum Gasteiger partial charge on any atom is 0.357 e. The van der Waals surface area contributed by atoms with Crippen molar-refractivity contribution in [2.24, 2.45) is 17.6 Å². The van der Waals surface area contributed by atoms with Gasteiger partial charge in [0.1, 0.15) is 22.8 Å². The van der Waals surface area contributed by atoms with E-state index in [0.717, 1.165) is 0 Å². The van der Waals surface area contributed by atoms with Crippen molar-refractivity contribution < 1.29 is 53.5 Å². The van der Waals surface area contributed by atoms with E-state index >= 15 is 0 Å². The molecule has 2 aromatic rings. The van der Waals surface area contributed by atoms with Crippen molar-refractivity contribution in [1.82, 2.24) is 0 Å². The smallest absolute Gasteiger partial charge is 0.357 e. The highest BCUT2D eigenvalue weighted by Crippen LogP contribution is 2.62. The SMILES string of the molecule is CCOP(=O)(OCC)C(Nc1ccc2c(c1O)C(O)=C1C(=O)[C@]3(O)C(O)=C(C(N)=O)C(=O)C[C@@H]3[C@@H](O)[C@@H]1[C@H]2C)c1ccccc1. The monoisotopic (exact) mass is 642 g/mol. The summed E-state index contributed by atoms with van der Waals surface area (Å²) in [4.78, 5) is 38.5. The van der Waals surface area contributed by atoms with Gasteiger partial charge in [-0.25, -0.2) is 0 Å². The molecule has 6 atom stereocenters. The maximum atomic E-state index is 14.0. The molecule has 0 heterocycles. The van der Waals surface area contributed by atoms with Crippen LogP contribution in [0.15, 0.2) is 59.4 Å². The van der Waals surface area contributed by atoms with Crippen LogP contribution < -0.4 is 11.1 Å². The Hall–Kier alpha value is -4.00. The van der Waals surface area contributed by atoms with Crippen LogP contribution in [0.5, 0.6) is 5.75 Å². The molecule has 1 saturated carbocycles. The molecule has 0 aromatic heterocycles. The van der Waals surface area contributed by atoms with Crippen LogP contribution >= 0.6 is 7.60 Å². The largest absolute Gasteiger partial charge is 0.508 e. The van der Waals surface area contributed by atoms with Crippen molar-refractivity contribution >= 4 is 36.5 Å². The van der Waals surface area contributed by atoms with Crippen LogP contribution in [0.4, 0.5) is 5.69 Å². The molecule has 3 aliphatic carbocycles. The highest BCUT2D eigenvalue weighted by molar-refractivity contribution is 7.54. The molecule has 1 fully saturated rings. The van der Waals surface area contributed by atoms with Gasteiger partial charge in [-0.3, -0.25) is 18.9 Å². The van der Waals surface area contributed by atoms with Crippen molar-refractivity contribution in [2.45, 2.75) is 50.6 Å². The molecule has 3 aliphatic rings. The van der Waals surface area contributed by atoms with Gasteiger partial charge in [0, 0.05) is 23.8 Å². The van der Waals surface area contributed by atoms with Gasteiger partial charge < -0.3 is 45.6 Å². The molecule has 45 heavy (non-hydrogen) atoms. The quantitative estimate of drug-likeness (QED) is 0.119. The zero-order chi connectivity index (χ0) is 33.0. The minimum absolute atomic E-state index is 0.0116. The molecule has 14 heteroatoms. The number of Topliss-reactive ketones (excluding diaryl/α,β-unsaturated/α-hetero) is 2. The number of carbonyl (C=O) groups is 3. The second-order valence-electron chi connectivity index (χ2n) is 11.2. The van der Waals surface area contributed by atoms with E-state index in [2.05, 4.69) is 5.32 Å². The number of benzene rings is 2. The summed E-state index contributed by atoms with van der Waals surface area (Å²) in [6.07, 6.45) is -2.30. The summed E-state index contributed by atoms with van der Waals surface area (Å²) in [5.74, 6) is -10.8. The van der Waals surface area contributed by atoms with Crippen LogP contribution in [0.2, 0.25) is 0 Å². The number of phenols is 1. The number of nitrogens with one attached hydrogen (secondary N) is 1. The molecule has 0 spiro atoms. The number of amides is 1. The minimum atomic E-state index is -3.90. The number of aliphatic hydroxyl groups is 4. The molecular formula is C31H35N2O11P. The van der Waals surface area contributed by atoms with Gasteiger partial charge in [-0.2, -0.15) is 0 Å². The molecule has 240 valence electrons. The van der Waals surface area contributed by atoms with Gasteiger partial charge in [0.2, 0.25) is 5.78 Å². The van der Waals surface area contributed by atoms with E-state index in [0.29, 0.717) is 11.1 Å². The summed E-state index contributed by atoms with van der Waals surface area (Å²) >= 11 is 0. The van der Waals surface area contributed by atoms with Gasteiger partial charge in [0.05, 0.1) is 30.6 Å². The molecule has 8 N–H and O–H groups in total. The van der Waals surface area contributed by atoms with E-state index in [9.17, 15) is 44.5 Å². The van der Waals surface area contributed by atoms with Gasteiger partial charge in [-0.1, -0.05) is 43.3 Å². The van der Waals surface area contributed by atoms with E-state index in [-0.39, 0.29) is 24.5 Å². The van der Waals surface area contributed by atoms with Crippen LogP contribution in [0.25, 0.3) is 5.76 Å². The first-order chi connectivity index (χ1) is 21.2. The normalized spacial score (nSPS) is 27.0.